The Balaban J connectivity index is 2.18. The predicted octanol–water partition coefficient (Wildman–Crippen LogP) is 3.33. The fraction of sp³-hybridized carbons (Fsp3) is 0.176. The Labute approximate surface area is 128 Å². The molecule has 5 heteroatoms. The average molecular weight is 299 g/mol. The van der Waals surface area contributed by atoms with Crippen LogP contribution in [-0.4, -0.2) is 31.0 Å². The Morgan fingerprint density at radius 1 is 1.23 bits per heavy atom. The number of para-hydroxylation sites is 1. The van der Waals surface area contributed by atoms with Crippen LogP contribution in [0.5, 0.6) is 11.5 Å². The number of aromatic hydroxyl groups is 1. The highest BCUT2D eigenvalue weighted by Gasteiger charge is 2.06. The van der Waals surface area contributed by atoms with E-state index in [1.54, 1.807) is 48.7 Å². The molecule has 2 aromatic rings. The van der Waals surface area contributed by atoms with Crippen molar-refractivity contribution in [1.82, 2.24) is 0 Å². The molecule has 0 radical (unpaired) electrons. The second-order valence-electron chi connectivity index (χ2n) is 4.42. The van der Waals surface area contributed by atoms with Gasteiger partial charge in [-0.25, -0.2) is 4.79 Å². The minimum absolute atomic E-state index is 0.0549. The summed E-state index contributed by atoms with van der Waals surface area (Å²) in [5, 5.41) is 10.1. The summed E-state index contributed by atoms with van der Waals surface area (Å²) in [6, 6.07) is 11.9. The minimum atomic E-state index is -0.391. The molecule has 0 spiro atoms. The van der Waals surface area contributed by atoms with E-state index in [2.05, 4.69) is 9.73 Å². The first-order valence-corrected chi connectivity index (χ1v) is 6.83. The molecule has 0 aliphatic carbocycles. The number of hydrogen-bond donors (Lipinski definition) is 1. The standard InChI is InChI=1S/C17H17NO4/c1-3-22-15-6-4-5-13(16(15)19)11-18-14-9-7-12(8-10-14)17(20)21-2/h4-11,19H,3H2,1-2H3. The van der Waals surface area contributed by atoms with Crippen LogP contribution in [0.4, 0.5) is 5.69 Å². The Kier molecular flexibility index (Phi) is 5.14. The molecule has 0 heterocycles. The van der Waals surface area contributed by atoms with Crippen molar-refractivity contribution in [3.8, 4) is 11.5 Å². The van der Waals surface area contributed by atoms with Crippen molar-refractivity contribution in [2.24, 2.45) is 4.99 Å². The van der Waals surface area contributed by atoms with Crippen LogP contribution in [0.2, 0.25) is 0 Å². The first-order chi connectivity index (χ1) is 10.7. The third-order valence-corrected chi connectivity index (χ3v) is 2.97. The van der Waals surface area contributed by atoms with E-state index in [9.17, 15) is 9.90 Å². The van der Waals surface area contributed by atoms with Gasteiger partial charge in [-0.1, -0.05) is 6.07 Å². The first kappa shape index (κ1) is 15.6. The van der Waals surface area contributed by atoms with Gasteiger partial charge in [-0.05, 0) is 43.3 Å². The number of rotatable bonds is 5. The summed E-state index contributed by atoms with van der Waals surface area (Å²) in [4.78, 5) is 15.6. The Morgan fingerprint density at radius 3 is 2.59 bits per heavy atom. The molecule has 0 amide bonds. The zero-order valence-corrected chi connectivity index (χ0v) is 12.4. The summed E-state index contributed by atoms with van der Waals surface area (Å²) < 4.78 is 9.95. The summed E-state index contributed by atoms with van der Waals surface area (Å²) in [5.74, 6) is 0.0874. The van der Waals surface area contributed by atoms with E-state index in [1.165, 1.54) is 7.11 Å². The van der Waals surface area contributed by atoms with Crippen LogP contribution in [0, 0.1) is 0 Å². The number of aliphatic imine (C=N–C) groups is 1. The molecule has 2 rings (SSSR count). The SMILES string of the molecule is CCOc1cccc(C=Nc2ccc(C(=O)OC)cc2)c1O. The molecule has 0 saturated heterocycles. The van der Waals surface area contributed by atoms with E-state index < -0.39 is 5.97 Å². The number of ether oxygens (including phenoxy) is 2. The van der Waals surface area contributed by atoms with Gasteiger partial charge >= 0.3 is 5.97 Å². The highest BCUT2D eigenvalue weighted by molar-refractivity contribution is 5.90. The lowest BCUT2D eigenvalue weighted by atomic mass is 10.2. The van der Waals surface area contributed by atoms with Gasteiger partial charge in [0.1, 0.15) is 0 Å². The van der Waals surface area contributed by atoms with Crippen molar-refractivity contribution < 1.29 is 19.4 Å². The second-order valence-corrected chi connectivity index (χ2v) is 4.42. The fourth-order valence-electron chi connectivity index (χ4n) is 1.86. The van der Waals surface area contributed by atoms with Crippen molar-refractivity contribution in [2.75, 3.05) is 13.7 Å². The van der Waals surface area contributed by atoms with Crippen LogP contribution in [0.25, 0.3) is 0 Å². The lowest BCUT2D eigenvalue weighted by Gasteiger charge is -2.07. The number of hydrogen-bond acceptors (Lipinski definition) is 5. The van der Waals surface area contributed by atoms with Crippen molar-refractivity contribution in [1.29, 1.82) is 0 Å². The number of nitrogens with zero attached hydrogens (tertiary/aromatic N) is 1. The van der Waals surface area contributed by atoms with Crippen molar-refractivity contribution in [3.05, 3.63) is 53.6 Å². The maximum atomic E-state index is 11.3. The number of carbonyl (C=O) groups excluding carboxylic acids is 1. The van der Waals surface area contributed by atoms with Gasteiger partial charge in [0.25, 0.3) is 0 Å². The van der Waals surface area contributed by atoms with Gasteiger partial charge in [0.15, 0.2) is 11.5 Å². The summed E-state index contributed by atoms with van der Waals surface area (Å²) in [7, 11) is 1.34. The molecular formula is C17H17NO4. The van der Waals surface area contributed by atoms with Crippen LogP contribution in [0.1, 0.15) is 22.8 Å². The molecule has 114 valence electrons. The van der Waals surface area contributed by atoms with Gasteiger partial charge in [-0.3, -0.25) is 4.99 Å². The molecule has 0 aromatic heterocycles. The molecule has 1 N–H and O–H groups in total. The molecule has 0 fully saturated rings. The third kappa shape index (κ3) is 3.63. The largest absolute Gasteiger partial charge is 0.504 e. The average Bonchev–Trinajstić information content (AvgIpc) is 2.55. The van der Waals surface area contributed by atoms with Crippen LogP contribution >= 0.6 is 0 Å². The van der Waals surface area contributed by atoms with Gasteiger partial charge in [-0.2, -0.15) is 0 Å². The van der Waals surface area contributed by atoms with E-state index in [-0.39, 0.29) is 5.75 Å². The smallest absolute Gasteiger partial charge is 0.337 e. The number of benzene rings is 2. The zero-order chi connectivity index (χ0) is 15.9. The number of phenols is 1. The van der Waals surface area contributed by atoms with Crippen LogP contribution in [0.3, 0.4) is 0 Å². The topological polar surface area (TPSA) is 68.1 Å². The van der Waals surface area contributed by atoms with E-state index in [4.69, 9.17) is 4.74 Å². The Hall–Kier alpha value is -2.82. The molecule has 22 heavy (non-hydrogen) atoms. The molecule has 0 atom stereocenters. The minimum Gasteiger partial charge on any atom is -0.504 e. The molecule has 2 aromatic carbocycles. The predicted molar refractivity (Wildman–Crippen MR) is 84.3 cm³/mol. The maximum Gasteiger partial charge on any atom is 0.337 e. The monoisotopic (exact) mass is 299 g/mol. The van der Waals surface area contributed by atoms with Crippen molar-refractivity contribution in [2.45, 2.75) is 6.92 Å². The van der Waals surface area contributed by atoms with Crippen LogP contribution < -0.4 is 4.74 Å². The lowest BCUT2D eigenvalue weighted by molar-refractivity contribution is 0.0601. The summed E-state index contributed by atoms with van der Waals surface area (Å²) in [6.45, 7) is 2.33. The van der Waals surface area contributed by atoms with E-state index >= 15 is 0 Å². The first-order valence-electron chi connectivity index (χ1n) is 6.83. The maximum absolute atomic E-state index is 11.3. The van der Waals surface area contributed by atoms with Gasteiger partial charge < -0.3 is 14.6 Å². The van der Waals surface area contributed by atoms with Crippen molar-refractivity contribution >= 4 is 17.9 Å². The van der Waals surface area contributed by atoms with Gasteiger partial charge in [0.2, 0.25) is 0 Å². The molecule has 0 bridgehead atoms. The molecule has 0 aliphatic heterocycles. The number of methoxy groups -OCH3 is 1. The molecule has 0 unspecified atom stereocenters. The van der Waals surface area contributed by atoms with Gasteiger partial charge in [0.05, 0.1) is 25.0 Å². The normalized spacial score (nSPS) is 10.6. The third-order valence-electron chi connectivity index (χ3n) is 2.97. The van der Waals surface area contributed by atoms with Crippen LogP contribution in [0.15, 0.2) is 47.5 Å². The van der Waals surface area contributed by atoms with E-state index in [0.29, 0.717) is 29.2 Å². The van der Waals surface area contributed by atoms with Gasteiger partial charge in [-0.15, -0.1) is 0 Å². The molecule has 0 saturated carbocycles. The summed E-state index contributed by atoms with van der Waals surface area (Å²) in [6.07, 6.45) is 1.55. The fourth-order valence-corrected chi connectivity index (χ4v) is 1.86. The van der Waals surface area contributed by atoms with E-state index in [0.717, 1.165) is 0 Å². The Morgan fingerprint density at radius 2 is 1.95 bits per heavy atom. The quantitative estimate of drug-likeness (QED) is 0.679. The molecule has 5 nitrogen and oxygen atoms in total. The van der Waals surface area contributed by atoms with Gasteiger partial charge in [0, 0.05) is 11.8 Å². The highest BCUT2D eigenvalue weighted by atomic mass is 16.5. The van der Waals surface area contributed by atoms with Crippen molar-refractivity contribution in [3.63, 3.8) is 0 Å². The van der Waals surface area contributed by atoms with Crippen LogP contribution in [-0.2, 0) is 4.74 Å². The van der Waals surface area contributed by atoms with E-state index in [1.807, 2.05) is 6.92 Å². The number of esters is 1. The number of phenolic OH excluding ortho intramolecular Hbond substituents is 1. The lowest BCUT2D eigenvalue weighted by Crippen LogP contribution is -1.99. The number of carbonyl (C=O) groups is 1. The molecular weight excluding hydrogens is 282 g/mol. The zero-order valence-electron chi connectivity index (χ0n) is 12.4. The molecule has 0 aliphatic rings. The highest BCUT2D eigenvalue weighted by Crippen LogP contribution is 2.29. The summed E-state index contributed by atoms with van der Waals surface area (Å²) >= 11 is 0. The Bertz CT molecular complexity index is 678. The second kappa shape index (κ2) is 7.26. The summed E-state index contributed by atoms with van der Waals surface area (Å²) in [5.41, 5.74) is 1.68.